The van der Waals surface area contributed by atoms with Crippen molar-refractivity contribution in [2.45, 2.75) is 13.0 Å². The van der Waals surface area contributed by atoms with Gasteiger partial charge in [0, 0.05) is 15.6 Å². The summed E-state index contributed by atoms with van der Waals surface area (Å²) >= 11 is 12.1. The average molecular weight is 400 g/mol. The molecule has 0 bridgehead atoms. The summed E-state index contributed by atoms with van der Waals surface area (Å²) in [7, 11) is 0. The third-order valence-electron chi connectivity index (χ3n) is 4.14. The van der Waals surface area contributed by atoms with Gasteiger partial charge < -0.3 is 10.1 Å². The largest absolute Gasteiger partial charge is 0.483 e. The fourth-order valence-corrected chi connectivity index (χ4v) is 3.38. The van der Waals surface area contributed by atoms with Gasteiger partial charge in [-0.15, -0.1) is 0 Å². The van der Waals surface area contributed by atoms with Gasteiger partial charge in [0.15, 0.2) is 6.61 Å². The third-order valence-corrected chi connectivity index (χ3v) is 4.70. The number of rotatable bonds is 6. The predicted octanol–water partition coefficient (Wildman–Crippen LogP) is 5.92. The van der Waals surface area contributed by atoms with Crippen LogP contribution in [-0.4, -0.2) is 12.5 Å². The number of para-hydroxylation sites is 1. The highest BCUT2D eigenvalue weighted by Gasteiger charge is 2.14. The maximum absolute atomic E-state index is 12.3. The van der Waals surface area contributed by atoms with Crippen molar-refractivity contribution in [3.63, 3.8) is 0 Å². The first-order valence-electron chi connectivity index (χ1n) is 8.56. The quantitative estimate of drug-likeness (QED) is 0.558. The predicted molar refractivity (Wildman–Crippen MR) is 110 cm³/mol. The molecule has 0 saturated heterocycles. The molecular weight excluding hydrogens is 381 g/mol. The number of benzene rings is 3. The Morgan fingerprint density at radius 3 is 2.44 bits per heavy atom. The topological polar surface area (TPSA) is 38.3 Å². The van der Waals surface area contributed by atoms with Crippen molar-refractivity contribution in [2.75, 3.05) is 6.61 Å². The van der Waals surface area contributed by atoms with E-state index < -0.39 is 0 Å². The molecule has 5 heteroatoms. The van der Waals surface area contributed by atoms with E-state index in [0.29, 0.717) is 15.8 Å². The minimum absolute atomic E-state index is 0.0839. The molecule has 3 aromatic carbocycles. The van der Waals surface area contributed by atoms with Gasteiger partial charge >= 0.3 is 0 Å². The van der Waals surface area contributed by atoms with Crippen molar-refractivity contribution in [3.8, 4) is 16.9 Å². The van der Waals surface area contributed by atoms with Crippen LogP contribution >= 0.6 is 23.2 Å². The van der Waals surface area contributed by atoms with Crippen LogP contribution in [0.4, 0.5) is 0 Å². The van der Waals surface area contributed by atoms with E-state index in [1.165, 1.54) is 0 Å². The fraction of sp³-hybridized carbons (Fsp3) is 0.136. The van der Waals surface area contributed by atoms with E-state index in [-0.39, 0.29) is 18.6 Å². The van der Waals surface area contributed by atoms with Crippen LogP contribution in [0.25, 0.3) is 11.1 Å². The summed E-state index contributed by atoms with van der Waals surface area (Å²) < 4.78 is 5.77. The number of hydrogen-bond acceptors (Lipinski definition) is 2. The van der Waals surface area contributed by atoms with E-state index >= 15 is 0 Å². The van der Waals surface area contributed by atoms with Crippen LogP contribution in [0.3, 0.4) is 0 Å². The molecular formula is C22H19Cl2NO2. The molecule has 27 heavy (non-hydrogen) atoms. The Balaban J connectivity index is 1.65. The van der Waals surface area contributed by atoms with Gasteiger partial charge in [-0.2, -0.15) is 0 Å². The van der Waals surface area contributed by atoms with E-state index in [1.54, 1.807) is 18.2 Å². The van der Waals surface area contributed by atoms with Crippen molar-refractivity contribution < 1.29 is 9.53 Å². The highest BCUT2D eigenvalue weighted by Crippen LogP contribution is 2.29. The number of carbonyl (C=O) groups excluding carboxylic acids is 1. The third kappa shape index (κ3) is 5.03. The molecule has 3 aromatic rings. The Morgan fingerprint density at radius 1 is 1.00 bits per heavy atom. The molecule has 0 radical (unpaired) electrons. The maximum Gasteiger partial charge on any atom is 0.258 e. The first kappa shape index (κ1) is 19.3. The highest BCUT2D eigenvalue weighted by molar-refractivity contribution is 6.35. The molecule has 1 atom stereocenters. The summed E-state index contributed by atoms with van der Waals surface area (Å²) in [6.07, 6.45) is 0. The van der Waals surface area contributed by atoms with Crippen molar-refractivity contribution in [1.29, 1.82) is 0 Å². The molecule has 138 valence electrons. The van der Waals surface area contributed by atoms with E-state index in [1.807, 2.05) is 61.5 Å². The lowest BCUT2D eigenvalue weighted by atomic mass is 10.1. The summed E-state index contributed by atoms with van der Waals surface area (Å²) in [6, 6.07) is 22.5. The molecule has 1 N–H and O–H groups in total. The maximum atomic E-state index is 12.3. The SMILES string of the molecule is C[C@@H](NC(=O)COc1ccccc1-c1ccccc1)c1ccc(Cl)cc1Cl. The second-order valence-corrected chi connectivity index (χ2v) is 6.95. The van der Waals surface area contributed by atoms with Crippen LogP contribution in [0.2, 0.25) is 10.0 Å². The molecule has 0 spiro atoms. The van der Waals surface area contributed by atoms with Crippen LogP contribution in [0.1, 0.15) is 18.5 Å². The van der Waals surface area contributed by atoms with E-state index in [0.717, 1.165) is 16.7 Å². The first-order valence-corrected chi connectivity index (χ1v) is 9.32. The molecule has 0 fully saturated rings. The molecule has 3 nitrogen and oxygen atoms in total. The number of halogens is 2. The number of ether oxygens (including phenoxy) is 1. The number of amides is 1. The Kier molecular flexibility index (Phi) is 6.38. The van der Waals surface area contributed by atoms with Crippen molar-refractivity contribution >= 4 is 29.1 Å². The Morgan fingerprint density at radius 2 is 1.70 bits per heavy atom. The second kappa shape index (κ2) is 8.94. The normalized spacial score (nSPS) is 11.7. The smallest absolute Gasteiger partial charge is 0.258 e. The summed E-state index contributed by atoms with van der Waals surface area (Å²) in [5, 5.41) is 3.97. The van der Waals surface area contributed by atoms with E-state index in [2.05, 4.69) is 5.32 Å². The van der Waals surface area contributed by atoms with Crippen molar-refractivity contribution in [3.05, 3.63) is 88.4 Å². The van der Waals surface area contributed by atoms with Crippen LogP contribution in [0.15, 0.2) is 72.8 Å². The highest BCUT2D eigenvalue weighted by atomic mass is 35.5. The molecule has 3 rings (SSSR count). The molecule has 0 aliphatic carbocycles. The van der Waals surface area contributed by atoms with Gasteiger partial charge in [0.2, 0.25) is 0 Å². The minimum Gasteiger partial charge on any atom is -0.483 e. The van der Waals surface area contributed by atoms with Gasteiger partial charge in [0.25, 0.3) is 5.91 Å². The number of nitrogens with one attached hydrogen (secondary N) is 1. The lowest BCUT2D eigenvalue weighted by Gasteiger charge is -2.17. The van der Waals surface area contributed by atoms with Crippen LogP contribution in [-0.2, 0) is 4.79 Å². The zero-order chi connectivity index (χ0) is 19.2. The molecule has 0 heterocycles. The van der Waals surface area contributed by atoms with Gasteiger partial charge in [-0.05, 0) is 36.2 Å². The van der Waals surface area contributed by atoms with Gasteiger partial charge in [-0.25, -0.2) is 0 Å². The Bertz CT molecular complexity index is 929. The lowest BCUT2D eigenvalue weighted by Crippen LogP contribution is -2.31. The molecule has 0 aliphatic rings. The average Bonchev–Trinajstić information content (AvgIpc) is 2.67. The molecule has 0 aromatic heterocycles. The lowest BCUT2D eigenvalue weighted by molar-refractivity contribution is -0.123. The Labute approximate surface area is 168 Å². The minimum atomic E-state index is -0.254. The zero-order valence-corrected chi connectivity index (χ0v) is 16.3. The molecule has 0 saturated carbocycles. The summed E-state index contributed by atoms with van der Waals surface area (Å²) in [4.78, 5) is 12.3. The summed E-state index contributed by atoms with van der Waals surface area (Å²) in [6.45, 7) is 1.78. The van der Waals surface area contributed by atoms with E-state index in [4.69, 9.17) is 27.9 Å². The zero-order valence-electron chi connectivity index (χ0n) is 14.8. The van der Waals surface area contributed by atoms with Gasteiger partial charge in [0.1, 0.15) is 5.75 Å². The van der Waals surface area contributed by atoms with E-state index in [9.17, 15) is 4.79 Å². The number of hydrogen-bond donors (Lipinski definition) is 1. The summed E-state index contributed by atoms with van der Waals surface area (Å²) in [5.74, 6) is 0.437. The van der Waals surface area contributed by atoms with Crippen molar-refractivity contribution in [2.24, 2.45) is 0 Å². The first-order chi connectivity index (χ1) is 13.0. The van der Waals surface area contributed by atoms with Crippen LogP contribution < -0.4 is 10.1 Å². The van der Waals surface area contributed by atoms with Gasteiger partial charge in [-0.3, -0.25) is 4.79 Å². The van der Waals surface area contributed by atoms with Crippen LogP contribution in [0, 0.1) is 0 Å². The monoisotopic (exact) mass is 399 g/mol. The number of carbonyl (C=O) groups is 1. The van der Waals surface area contributed by atoms with Crippen LogP contribution in [0.5, 0.6) is 5.75 Å². The second-order valence-electron chi connectivity index (χ2n) is 6.11. The fourth-order valence-electron chi connectivity index (χ4n) is 2.81. The summed E-state index contributed by atoms with van der Waals surface area (Å²) in [5.41, 5.74) is 2.79. The van der Waals surface area contributed by atoms with Gasteiger partial charge in [0.05, 0.1) is 6.04 Å². The molecule has 0 unspecified atom stereocenters. The Hall–Kier alpha value is -2.49. The van der Waals surface area contributed by atoms with Gasteiger partial charge in [-0.1, -0.05) is 77.8 Å². The van der Waals surface area contributed by atoms with Crippen molar-refractivity contribution in [1.82, 2.24) is 5.32 Å². The standard InChI is InChI=1S/C22H19Cl2NO2/c1-15(18-12-11-17(23)13-20(18)24)25-22(26)14-27-21-10-6-5-9-19(21)16-7-3-2-4-8-16/h2-13,15H,14H2,1H3,(H,25,26)/t15-/m1/s1. The molecule has 1 amide bonds. The molecule has 0 aliphatic heterocycles.